The van der Waals surface area contributed by atoms with E-state index in [2.05, 4.69) is 214 Å². The predicted molar refractivity (Wildman–Crippen MR) is 269 cm³/mol. The quantitative estimate of drug-likeness (QED) is 0.163. The molecule has 2 aliphatic carbocycles. The minimum atomic E-state index is -0.0342. The van der Waals surface area contributed by atoms with Gasteiger partial charge in [0.2, 0.25) is 0 Å². The summed E-state index contributed by atoms with van der Waals surface area (Å²) in [7, 11) is 0. The van der Waals surface area contributed by atoms with Gasteiger partial charge < -0.3 is 0 Å². The Balaban J connectivity index is 1.01. The van der Waals surface area contributed by atoms with E-state index in [1.165, 1.54) is 98.1 Å². The second-order valence-electron chi connectivity index (χ2n) is 17.9. The van der Waals surface area contributed by atoms with Crippen LogP contribution in [0.4, 0.5) is 0 Å². The SMILES string of the molecule is Cc1ccccc1-c1ccc(-c2ccc3sc4c(-c5ccc(-c6nc7ccccc7n6-c6ccccc6)cc5)cc(-c5ccc6c(c5)C(C)(C)C5=C6CCC=C5)cc4c3c2)cc1C. The standard InChI is InChI=1S/C60H46N2S/c1-37-14-8-9-17-46(37)47-29-26-41(32-38(47)2)42-28-31-57-51(33-42)52-35-44(43-27-30-49-48-18-10-11-19-53(48)60(3,4)54(49)36-43)34-50(58(52)63-57)39-22-24-40(25-23-39)59-61-55-20-12-13-21-56(55)62(59)45-15-6-5-7-16-45/h5-9,11-17,19-36H,10,18H2,1-4H3. The molecule has 2 aromatic heterocycles. The molecule has 0 N–H and O–H groups in total. The highest BCUT2D eigenvalue weighted by Crippen LogP contribution is 2.52. The van der Waals surface area contributed by atoms with Gasteiger partial charge in [-0.2, -0.15) is 0 Å². The maximum Gasteiger partial charge on any atom is 0.145 e. The maximum atomic E-state index is 5.18. The molecule has 63 heavy (non-hydrogen) atoms. The molecule has 8 aromatic carbocycles. The van der Waals surface area contributed by atoms with Crippen LogP contribution >= 0.6 is 11.3 Å². The van der Waals surface area contributed by atoms with E-state index in [-0.39, 0.29) is 5.41 Å². The Kier molecular flexibility index (Phi) is 8.68. The molecule has 0 bridgehead atoms. The highest BCUT2D eigenvalue weighted by Gasteiger charge is 2.37. The summed E-state index contributed by atoms with van der Waals surface area (Å²) in [5.74, 6) is 0.941. The van der Waals surface area contributed by atoms with Gasteiger partial charge in [-0.15, -0.1) is 11.3 Å². The molecule has 0 radical (unpaired) electrons. The van der Waals surface area contributed by atoms with E-state index in [0.29, 0.717) is 0 Å². The van der Waals surface area contributed by atoms with Crippen molar-refractivity contribution in [2.45, 2.75) is 46.0 Å². The summed E-state index contributed by atoms with van der Waals surface area (Å²) < 4.78 is 4.89. The van der Waals surface area contributed by atoms with Crippen LogP contribution in [-0.4, -0.2) is 9.55 Å². The van der Waals surface area contributed by atoms with Crippen LogP contribution in [0.15, 0.2) is 188 Å². The fourth-order valence-corrected chi connectivity index (χ4v) is 11.7. The number of aryl methyl sites for hydroxylation is 2. The van der Waals surface area contributed by atoms with Gasteiger partial charge in [-0.3, -0.25) is 4.57 Å². The molecule has 302 valence electrons. The average Bonchev–Trinajstić information content (AvgIpc) is 3.97. The van der Waals surface area contributed by atoms with Crippen LogP contribution in [0.25, 0.3) is 98.4 Å². The molecule has 2 nitrogen and oxygen atoms in total. The van der Waals surface area contributed by atoms with Gasteiger partial charge in [-0.25, -0.2) is 4.98 Å². The maximum absolute atomic E-state index is 5.18. The molecule has 2 heterocycles. The number of fused-ring (bicyclic) bond motifs is 6. The van der Waals surface area contributed by atoms with Crippen molar-refractivity contribution in [1.29, 1.82) is 0 Å². The van der Waals surface area contributed by atoms with Crippen LogP contribution in [0.5, 0.6) is 0 Å². The van der Waals surface area contributed by atoms with Crippen LogP contribution in [0, 0.1) is 13.8 Å². The molecule has 0 saturated heterocycles. The van der Waals surface area contributed by atoms with Gasteiger partial charge in [0, 0.05) is 42.4 Å². The van der Waals surface area contributed by atoms with E-state index >= 15 is 0 Å². The second-order valence-corrected chi connectivity index (χ2v) is 19.0. The summed E-state index contributed by atoms with van der Waals surface area (Å²) in [5, 5.41) is 2.60. The van der Waals surface area contributed by atoms with Crippen LogP contribution in [0.2, 0.25) is 0 Å². The van der Waals surface area contributed by atoms with E-state index in [0.717, 1.165) is 41.0 Å². The van der Waals surface area contributed by atoms with Crippen molar-refractivity contribution in [3.63, 3.8) is 0 Å². The highest BCUT2D eigenvalue weighted by molar-refractivity contribution is 7.26. The molecule has 0 saturated carbocycles. The van der Waals surface area contributed by atoms with E-state index in [1.54, 1.807) is 0 Å². The van der Waals surface area contributed by atoms with Gasteiger partial charge in [-0.05, 0) is 154 Å². The number of hydrogen-bond donors (Lipinski definition) is 0. The van der Waals surface area contributed by atoms with Crippen molar-refractivity contribution in [3.8, 4) is 61.6 Å². The molecule has 0 fully saturated rings. The van der Waals surface area contributed by atoms with Crippen LogP contribution in [-0.2, 0) is 5.41 Å². The summed E-state index contributed by atoms with van der Waals surface area (Å²) >= 11 is 1.90. The Morgan fingerprint density at radius 1 is 0.540 bits per heavy atom. The van der Waals surface area contributed by atoms with Crippen molar-refractivity contribution in [2.75, 3.05) is 0 Å². The number of nitrogens with zero attached hydrogens (tertiary/aromatic N) is 2. The monoisotopic (exact) mass is 826 g/mol. The van der Waals surface area contributed by atoms with Crippen LogP contribution in [0.1, 0.15) is 48.9 Å². The third-order valence-electron chi connectivity index (χ3n) is 13.8. The molecule has 0 amide bonds. The Labute approximate surface area is 373 Å². The Morgan fingerprint density at radius 2 is 1.21 bits per heavy atom. The lowest BCUT2D eigenvalue weighted by Gasteiger charge is -2.24. The van der Waals surface area contributed by atoms with Gasteiger partial charge in [0.25, 0.3) is 0 Å². The first-order valence-corrected chi connectivity index (χ1v) is 23.0. The molecule has 3 heteroatoms. The summed E-state index contributed by atoms with van der Waals surface area (Å²) in [6.45, 7) is 9.24. The first-order chi connectivity index (χ1) is 30.8. The molecule has 10 aromatic rings. The summed E-state index contributed by atoms with van der Waals surface area (Å²) in [5.41, 5.74) is 22.7. The zero-order valence-electron chi connectivity index (χ0n) is 36.0. The lowest BCUT2D eigenvalue weighted by atomic mass is 9.79. The van der Waals surface area contributed by atoms with Gasteiger partial charge in [-0.1, -0.05) is 141 Å². The Morgan fingerprint density at radius 3 is 2.03 bits per heavy atom. The van der Waals surface area contributed by atoms with Crippen molar-refractivity contribution in [1.82, 2.24) is 9.55 Å². The smallest absolute Gasteiger partial charge is 0.145 e. The van der Waals surface area contributed by atoms with Gasteiger partial charge in [0.05, 0.1) is 11.0 Å². The predicted octanol–water partition coefficient (Wildman–Crippen LogP) is 16.7. The van der Waals surface area contributed by atoms with E-state index in [4.69, 9.17) is 4.98 Å². The third-order valence-corrected chi connectivity index (χ3v) is 15.0. The van der Waals surface area contributed by atoms with E-state index < -0.39 is 0 Å². The van der Waals surface area contributed by atoms with Crippen molar-refractivity contribution in [3.05, 3.63) is 210 Å². The first-order valence-electron chi connectivity index (χ1n) is 22.2. The Bertz CT molecular complexity index is 3540. The molecule has 0 atom stereocenters. The number of hydrogen-bond acceptors (Lipinski definition) is 2. The molecule has 0 spiro atoms. The van der Waals surface area contributed by atoms with E-state index in [1.807, 2.05) is 11.3 Å². The van der Waals surface area contributed by atoms with Gasteiger partial charge in [0.1, 0.15) is 5.82 Å². The van der Waals surface area contributed by atoms with Crippen LogP contribution in [0.3, 0.4) is 0 Å². The number of para-hydroxylation sites is 3. The second kappa shape index (κ2) is 14.5. The molecular weight excluding hydrogens is 781 g/mol. The fraction of sp³-hybridized carbons (Fsp3) is 0.117. The average molecular weight is 827 g/mol. The Hall–Kier alpha value is -7.07. The summed E-state index contributed by atoms with van der Waals surface area (Å²) in [6.07, 6.45) is 6.97. The van der Waals surface area contributed by atoms with Crippen molar-refractivity contribution >= 4 is 48.1 Å². The molecule has 0 aliphatic heterocycles. The zero-order valence-corrected chi connectivity index (χ0v) is 36.9. The zero-order chi connectivity index (χ0) is 42.4. The van der Waals surface area contributed by atoms with Crippen molar-refractivity contribution < 1.29 is 0 Å². The minimum Gasteiger partial charge on any atom is -0.292 e. The minimum absolute atomic E-state index is 0.0342. The van der Waals surface area contributed by atoms with Crippen LogP contribution < -0.4 is 0 Å². The molecular formula is C60H46N2S. The number of allylic oxidation sites excluding steroid dienone is 4. The topological polar surface area (TPSA) is 17.8 Å². The number of thiophene rings is 1. The first kappa shape index (κ1) is 37.7. The number of benzene rings is 8. The van der Waals surface area contributed by atoms with Gasteiger partial charge in [0.15, 0.2) is 0 Å². The number of imidazole rings is 1. The number of rotatable bonds is 6. The van der Waals surface area contributed by atoms with E-state index in [9.17, 15) is 0 Å². The lowest BCUT2D eigenvalue weighted by molar-refractivity contribution is 0.651. The molecule has 0 unspecified atom stereocenters. The molecule has 12 rings (SSSR count). The normalized spacial score (nSPS) is 14.2. The third kappa shape index (κ3) is 6.09. The molecule has 2 aliphatic rings. The summed E-state index contributed by atoms with van der Waals surface area (Å²) in [4.78, 5) is 5.18. The lowest BCUT2D eigenvalue weighted by Crippen LogP contribution is -2.16. The van der Waals surface area contributed by atoms with Gasteiger partial charge >= 0.3 is 0 Å². The largest absolute Gasteiger partial charge is 0.292 e. The highest BCUT2D eigenvalue weighted by atomic mass is 32.1. The number of aromatic nitrogens is 2. The fourth-order valence-electron chi connectivity index (χ4n) is 10.5. The van der Waals surface area contributed by atoms with Crippen molar-refractivity contribution in [2.24, 2.45) is 0 Å². The summed E-state index contributed by atoms with van der Waals surface area (Å²) in [6, 6.07) is 63.0.